The Morgan fingerprint density at radius 1 is 1.35 bits per heavy atom. The summed E-state index contributed by atoms with van der Waals surface area (Å²) >= 11 is 5.38. The van der Waals surface area contributed by atoms with Gasteiger partial charge in [-0.05, 0) is 54.5 Å². The first-order chi connectivity index (χ1) is 12.3. The van der Waals surface area contributed by atoms with E-state index in [1.54, 1.807) is 10.6 Å². The van der Waals surface area contributed by atoms with Gasteiger partial charge in [-0.2, -0.15) is 0 Å². The third-order valence-electron chi connectivity index (χ3n) is 4.35. The van der Waals surface area contributed by atoms with E-state index in [1.807, 2.05) is 25.1 Å². The zero-order chi connectivity index (χ0) is 18.9. The highest BCUT2D eigenvalue weighted by atomic mass is 32.1. The average molecular weight is 375 g/mol. The Kier molecular flexibility index (Phi) is 4.80. The molecular formula is C18H18FN3O3S. The molecule has 1 aromatic heterocycles. The third-order valence-corrected chi connectivity index (χ3v) is 4.67. The molecule has 26 heavy (non-hydrogen) atoms. The Labute approximate surface area is 153 Å². The maximum atomic E-state index is 13.7. The number of halogens is 1. The van der Waals surface area contributed by atoms with Crippen LogP contribution >= 0.6 is 12.2 Å². The predicted octanol–water partition coefficient (Wildman–Crippen LogP) is 3.30. The molecule has 6 nitrogen and oxygen atoms in total. The van der Waals surface area contributed by atoms with Crippen molar-refractivity contribution in [2.45, 2.75) is 19.0 Å². The maximum Gasteiger partial charge on any atom is 0.405 e. The lowest BCUT2D eigenvalue weighted by Crippen LogP contribution is -2.51. The molecule has 1 heterocycles. The van der Waals surface area contributed by atoms with Gasteiger partial charge in [-0.25, -0.2) is 9.18 Å². The number of rotatable bonds is 5. The topological polar surface area (TPSA) is 90.3 Å². The molecule has 0 aliphatic rings. The highest BCUT2D eigenvalue weighted by Gasteiger charge is 2.35. The van der Waals surface area contributed by atoms with Crippen LogP contribution in [0.4, 0.5) is 9.18 Å². The number of amides is 1. The summed E-state index contributed by atoms with van der Waals surface area (Å²) in [6.45, 7) is 1.38. The van der Waals surface area contributed by atoms with Crippen LogP contribution in [-0.2, 0) is 12.1 Å². The summed E-state index contributed by atoms with van der Waals surface area (Å²) in [6.07, 6.45) is -1.33. The van der Waals surface area contributed by atoms with E-state index < -0.39 is 24.1 Å². The number of aliphatic hydroxyl groups excluding tert-OH is 1. The molecular weight excluding hydrogens is 357 g/mol. The molecule has 0 aliphatic carbocycles. The molecule has 0 bridgehead atoms. The Hall–Kier alpha value is -2.71. The monoisotopic (exact) mass is 375 g/mol. The highest BCUT2D eigenvalue weighted by molar-refractivity contribution is 7.71. The summed E-state index contributed by atoms with van der Waals surface area (Å²) < 4.78 is 15.8. The standard InChI is InChI=1S/C18H18FN3O3S/c1-11-5-6-15-14(7-11)20-16(26)22(15)9-18(10-23,21-17(24)25)12-3-2-4-13(19)8-12/h2-8,21,23H,9-10H2,1H3,(H,20,26)(H,24,25). The van der Waals surface area contributed by atoms with E-state index in [4.69, 9.17) is 12.2 Å². The second kappa shape index (κ2) is 6.89. The first kappa shape index (κ1) is 18.1. The van der Waals surface area contributed by atoms with Gasteiger partial charge in [0.1, 0.15) is 11.4 Å². The van der Waals surface area contributed by atoms with Crippen molar-refractivity contribution in [2.24, 2.45) is 0 Å². The van der Waals surface area contributed by atoms with Crippen molar-refractivity contribution < 1.29 is 19.4 Å². The van der Waals surface area contributed by atoms with Crippen LogP contribution in [0.5, 0.6) is 0 Å². The molecule has 0 saturated heterocycles. The fraction of sp³-hybridized carbons (Fsp3) is 0.222. The molecule has 8 heteroatoms. The van der Waals surface area contributed by atoms with Gasteiger partial charge in [-0.15, -0.1) is 0 Å². The van der Waals surface area contributed by atoms with Crippen LogP contribution in [0.25, 0.3) is 11.0 Å². The number of nitrogens with one attached hydrogen (secondary N) is 2. The number of H-pyrrole nitrogens is 1. The molecule has 1 atom stereocenters. The van der Waals surface area contributed by atoms with Crippen molar-refractivity contribution >= 4 is 29.3 Å². The Balaban J connectivity index is 2.16. The van der Waals surface area contributed by atoms with Gasteiger partial charge < -0.3 is 25.1 Å². The molecule has 0 saturated carbocycles. The summed E-state index contributed by atoms with van der Waals surface area (Å²) in [6, 6.07) is 11.2. The Morgan fingerprint density at radius 2 is 2.12 bits per heavy atom. The number of carbonyl (C=O) groups is 1. The number of aryl methyl sites for hydroxylation is 1. The van der Waals surface area contributed by atoms with Crippen molar-refractivity contribution in [1.82, 2.24) is 14.9 Å². The summed E-state index contributed by atoms with van der Waals surface area (Å²) in [4.78, 5) is 14.5. The molecule has 0 fully saturated rings. The van der Waals surface area contributed by atoms with Gasteiger partial charge in [0, 0.05) is 0 Å². The molecule has 0 radical (unpaired) electrons. The van der Waals surface area contributed by atoms with Crippen LogP contribution in [0.2, 0.25) is 0 Å². The molecule has 3 aromatic rings. The Bertz CT molecular complexity index is 1030. The fourth-order valence-corrected chi connectivity index (χ4v) is 3.35. The van der Waals surface area contributed by atoms with Crippen LogP contribution < -0.4 is 5.32 Å². The predicted molar refractivity (Wildman–Crippen MR) is 98.2 cm³/mol. The van der Waals surface area contributed by atoms with Crippen LogP contribution in [0, 0.1) is 17.5 Å². The first-order valence-corrected chi connectivity index (χ1v) is 8.33. The smallest absolute Gasteiger partial charge is 0.405 e. The SMILES string of the molecule is Cc1ccc2c(c1)[nH]c(=S)n2CC(CO)(NC(=O)O)c1cccc(F)c1. The largest absolute Gasteiger partial charge is 0.465 e. The minimum Gasteiger partial charge on any atom is -0.465 e. The number of aromatic amines is 1. The van der Waals surface area contributed by atoms with Gasteiger partial charge in [0.2, 0.25) is 0 Å². The average Bonchev–Trinajstić information content (AvgIpc) is 2.88. The fourth-order valence-electron chi connectivity index (χ4n) is 3.08. The second-order valence-electron chi connectivity index (χ2n) is 6.22. The van der Waals surface area contributed by atoms with Crippen LogP contribution in [0.1, 0.15) is 11.1 Å². The normalized spacial score (nSPS) is 13.5. The lowest BCUT2D eigenvalue weighted by Gasteiger charge is -2.33. The quantitative estimate of drug-likeness (QED) is 0.515. The summed E-state index contributed by atoms with van der Waals surface area (Å²) in [5, 5.41) is 21.7. The maximum absolute atomic E-state index is 13.7. The number of benzene rings is 2. The number of hydrogen-bond acceptors (Lipinski definition) is 3. The van der Waals surface area contributed by atoms with E-state index in [1.165, 1.54) is 18.2 Å². The molecule has 3 rings (SSSR count). The van der Waals surface area contributed by atoms with Gasteiger partial charge in [-0.1, -0.05) is 18.2 Å². The van der Waals surface area contributed by atoms with E-state index in [0.717, 1.165) is 16.6 Å². The van der Waals surface area contributed by atoms with E-state index in [2.05, 4.69) is 10.3 Å². The van der Waals surface area contributed by atoms with Crippen molar-refractivity contribution in [2.75, 3.05) is 6.61 Å². The number of nitrogens with zero attached hydrogens (tertiary/aromatic N) is 1. The number of fused-ring (bicyclic) bond motifs is 1. The van der Waals surface area contributed by atoms with Crippen LogP contribution in [0.15, 0.2) is 42.5 Å². The van der Waals surface area contributed by atoms with Crippen molar-refractivity contribution in [3.05, 3.63) is 64.2 Å². The summed E-state index contributed by atoms with van der Waals surface area (Å²) in [5.41, 5.74) is 1.47. The molecule has 136 valence electrons. The molecule has 1 amide bonds. The number of imidazole rings is 1. The summed E-state index contributed by atoms with van der Waals surface area (Å²) in [7, 11) is 0. The summed E-state index contributed by atoms with van der Waals surface area (Å²) in [5.74, 6) is -0.523. The van der Waals surface area contributed by atoms with Crippen LogP contribution in [-0.4, -0.2) is 32.5 Å². The zero-order valence-corrected chi connectivity index (χ0v) is 14.8. The van der Waals surface area contributed by atoms with Crippen LogP contribution in [0.3, 0.4) is 0 Å². The number of aliphatic hydroxyl groups is 1. The van der Waals surface area contributed by atoms with Gasteiger partial charge in [0.15, 0.2) is 4.77 Å². The molecule has 2 aromatic carbocycles. The lowest BCUT2D eigenvalue weighted by molar-refractivity contribution is 0.125. The van der Waals surface area contributed by atoms with Crippen molar-refractivity contribution in [3.63, 3.8) is 0 Å². The van der Waals surface area contributed by atoms with E-state index in [9.17, 15) is 19.4 Å². The first-order valence-electron chi connectivity index (χ1n) is 7.92. The Morgan fingerprint density at radius 3 is 2.77 bits per heavy atom. The van der Waals surface area contributed by atoms with E-state index >= 15 is 0 Å². The molecule has 0 aliphatic heterocycles. The van der Waals surface area contributed by atoms with E-state index in [0.29, 0.717) is 10.3 Å². The van der Waals surface area contributed by atoms with Crippen molar-refractivity contribution in [3.8, 4) is 0 Å². The molecule has 1 unspecified atom stereocenters. The highest BCUT2D eigenvalue weighted by Crippen LogP contribution is 2.27. The minimum atomic E-state index is -1.45. The number of carboxylic acid groups (broad SMARTS) is 1. The zero-order valence-electron chi connectivity index (χ0n) is 14.0. The van der Waals surface area contributed by atoms with Gasteiger partial charge in [0.25, 0.3) is 0 Å². The van der Waals surface area contributed by atoms with Gasteiger partial charge in [0.05, 0.1) is 24.2 Å². The number of hydrogen-bond donors (Lipinski definition) is 4. The number of aromatic nitrogens is 2. The minimum absolute atomic E-state index is 0.00114. The van der Waals surface area contributed by atoms with Crippen molar-refractivity contribution in [1.29, 1.82) is 0 Å². The molecule has 0 spiro atoms. The third kappa shape index (κ3) is 3.33. The van der Waals surface area contributed by atoms with Gasteiger partial charge in [-0.3, -0.25) is 0 Å². The van der Waals surface area contributed by atoms with E-state index in [-0.39, 0.29) is 6.54 Å². The lowest BCUT2D eigenvalue weighted by atomic mass is 9.90. The molecule has 4 N–H and O–H groups in total. The second-order valence-corrected chi connectivity index (χ2v) is 6.60. The van der Waals surface area contributed by atoms with Gasteiger partial charge >= 0.3 is 6.09 Å².